The molecular weight excluding hydrogens is 186 g/mol. The summed E-state index contributed by atoms with van der Waals surface area (Å²) >= 11 is 0. The third-order valence-electron chi connectivity index (χ3n) is 3.34. The average molecular weight is 211 g/mol. The zero-order chi connectivity index (χ0) is 11.6. The topological polar surface area (TPSA) is 46.2 Å². The first-order chi connectivity index (χ1) is 6.86. The Hall–Kier alpha value is -0.500. The Morgan fingerprint density at radius 1 is 1.40 bits per heavy atom. The second-order valence-electron chi connectivity index (χ2n) is 5.81. The van der Waals surface area contributed by atoms with Gasteiger partial charge in [-0.1, -0.05) is 40.5 Å². The number of aliphatic hydroxyl groups is 1. The van der Waals surface area contributed by atoms with Gasteiger partial charge in [0.15, 0.2) is 0 Å². The van der Waals surface area contributed by atoms with Crippen molar-refractivity contribution in [3.05, 3.63) is 11.3 Å². The quantitative estimate of drug-likeness (QED) is 0.735. The van der Waals surface area contributed by atoms with E-state index in [4.69, 9.17) is 5.73 Å². The van der Waals surface area contributed by atoms with Gasteiger partial charge in [-0.25, -0.2) is 0 Å². The van der Waals surface area contributed by atoms with Gasteiger partial charge in [0, 0.05) is 0 Å². The molecule has 0 aromatic carbocycles. The van der Waals surface area contributed by atoms with Crippen LogP contribution < -0.4 is 5.73 Å². The monoisotopic (exact) mass is 211 g/mol. The van der Waals surface area contributed by atoms with E-state index in [1.54, 1.807) is 0 Å². The van der Waals surface area contributed by atoms with Gasteiger partial charge in [-0.05, 0) is 29.7 Å². The van der Waals surface area contributed by atoms with Crippen molar-refractivity contribution in [1.29, 1.82) is 0 Å². The van der Waals surface area contributed by atoms with E-state index in [0.29, 0.717) is 11.7 Å². The van der Waals surface area contributed by atoms with E-state index in [2.05, 4.69) is 27.7 Å². The Balaban J connectivity index is 2.87. The largest absolute Gasteiger partial charge is 0.511 e. The maximum atomic E-state index is 10.0. The number of hydrogen-bond acceptors (Lipinski definition) is 2. The van der Waals surface area contributed by atoms with Crippen LogP contribution in [0, 0.1) is 11.3 Å². The summed E-state index contributed by atoms with van der Waals surface area (Å²) in [5, 5.41) is 10.0. The molecule has 0 amide bonds. The molecule has 0 spiro atoms. The SMILES string of the molecule is CCCC1CC(C(C)(C)C)=C(O)C(N)C1. The normalized spacial score (nSPS) is 28.3. The highest BCUT2D eigenvalue weighted by atomic mass is 16.3. The molecule has 0 bridgehead atoms. The zero-order valence-electron chi connectivity index (χ0n) is 10.5. The smallest absolute Gasteiger partial charge is 0.109 e. The third-order valence-corrected chi connectivity index (χ3v) is 3.34. The maximum Gasteiger partial charge on any atom is 0.109 e. The van der Waals surface area contributed by atoms with Crippen LogP contribution in [0.25, 0.3) is 0 Å². The first-order valence-electron chi connectivity index (χ1n) is 6.04. The molecule has 2 atom stereocenters. The number of allylic oxidation sites excluding steroid dienone is 1. The van der Waals surface area contributed by atoms with Crippen molar-refractivity contribution >= 4 is 0 Å². The first-order valence-corrected chi connectivity index (χ1v) is 6.04. The van der Waals surface area contributed by atoms with Gasteiger partial charge in [-0.15, -0.1) is 0 Å². The van der Waals surface area contributed by atoms with Gasteiger partial charge in [0.25, 0.3) is 0 Å². The minimum absolute atomic E-state index is 0.0497. The molecule has 15 heavy (non-hydrogen) atoms. The minimum atomic E-state index is -0.135. The molecule has 0 saturated heterocycles. The van der Waals surface area contributed by atoms with Gasteiger partial charge in [0.1, 0.15) is 5.76 Å². The highest BCUT2D eigenvalue weighted by molar-refractivity contribution is 5.22. The molecule has 0 heterocycles. The fourth-order valence-corrected chi connectivity index (χ4v) is 2.49. The standard InChI is InChI=1S/C13H25NO/c1-5-6-9-7-10(13(2,3)4)12(15)11(14)8-9/h9,11,15H,5-8,14H2,1-4H3. The zero-order valence-corrected chi connectivity index (χ0v) is 10.5. The first kappa shape index (κ1) is 12.6. The van der Waals surface area contributed by atoms with Crippen molar-refractivity contribution in [1.82, 2.24) is 0 Å². The van der Waals surface area contributed by atoms with Gasteiger partial charge in [-0.3, -0.25) is 0 Å². The van der Waals surface area contributed by atoms with E-state index in [0.717, 1.165) is 12.8 Å². The number of rotatable bonds is 2. The summed E-state index contributed by atoms with van der Waals surface area (Å²) in [7, 11) is 0. The summed E-state index contributed by atoms with van der Waals surface area (Å²) in [6.07, 6.45) is 4.40. The van der Waals surface area contributed by atoms with Crippen LogP contribution in [0.1, 0.15) is 53.4 Å². The van der Waals surface area contributed by atoms with E-state index in [1.807, 2.05) is 0 Å². The van der Waals surface area contributed by atoms with Crippen molar-refractivity contribution in [2.45, 2.75) is 59.4 Å². The summed E-state index contributed by atoms with van der Waals surface area (Å²) in [5.41, 5.74) is 7.19. The summed E-state index contributed by atoms with van der Waals surface area (Å²) in [6, 6.07) is -0.135. The summed E-state index contributed by atoms with van der Waals surface area (Å²) < 4.78 is 0. The predicted octanol–water partition coefficient (Wildman–Crippen LogP) is 3.38. The second kappa shape index (κ2) is 4.56. The Bertz CT molecular complexity index is 250. The molecule has 3 N–H and O–H groups in total. The minimum Gasteiger partial charge on any atom is -0.511 e. The van der Waals surface area contributed by atoms with Crippen LogP contribution in [-0.4, -0.2) is 11.1 Å². The van der Waals surface area contributed by atoms with E-state index in [-0.39, 0.29) is 11.5 Å². The molecule has 88 valence electrons. The summed E-state index contributed by atoms with van der Waals surface area (Å²) in [6.45, 7) is 8.67. The van der Waals surface area contributed by atoms with Gasteiger partial charge in [0.2, 0.25) is 0 Å². The second-order valence-corrected chi connectivity index (χ2v) is 5.81. The van der Waals surface area contributed by atoms with Crippen LogP contribution in [0.5, 0.6) is 0 Å². The van der Waals surface area contributed by atoms with Crippen molar-refractivity contribution in [2.75, 3.05) is 0 Å². The number of hydrogen-bond donors (Lipinski definition) is 2. The number of nitrogens with two attached hydrogens (primary N) is 1. The lowest BCUT2D eigenvalue weighted by Gasteiger charge is -2.35. The fourth-order valence-electron chi connectivity index (χ4n) is 2.49. The molecule has 1 aliphatic rings. The molecule has 2 nitrogen and oxygen atoms in total. The molecule has 0 aromatic rings. The summed E-state index contributed by atoms with van der Waals surface area (Å²) in [4.78, 5) is 0. The van der Waals surface area contributed by atoms with E-state index in [9.17, 15) is 5.11 Å². The Labute approximate surface area is 93.6 Å². The lowest BCUT2D eigenvalue weighted by molar-refractivity contribution is 0.258. The van der Waals surface area contributed by atoms with Gasteiger partial charge >= 0.3 is 0 Å². The Kier molecular flexibility index (Phi) is 3.82. The molecule has 2 unspecified atom stereocenters. The van der Waals surface area contributed by atoms with Crippen LogP contribution in [0.15, 0.2) is 11.3 Å². The molecule has 0 saturated carbocycles. The highest BCUT2D eigenvalue weighted by Crippen LogP contribution is 2.39. The lowest BCUT2D eigenvalue weighted by atomic mass is 9.73. The number of aliphatic hydroxyl groups excluding tert-OH is 1. The molecular formula is C13H25NO. The van der Waals surface area contributed by atoms with Crippen LogP contribution >= 0.6 is 0 Å². The highest BCUT2D eigenvalue weighted by Gasteiger charge is 2.31. The Morgan fingerprint density at radius 3 is 2.47 bits per heavy atom. The predicted molar refractivity (Wildman–Crippen MR) is 64.7 cm³/mol. The molecule has 0 radical (unpaired) electrons. The van der Waals surface area contributed by atoms with Gasteiger partial charge in [0.05, 0.1) is 6.04 Å². The van der Waals surface area contributed by atoms with Crippen molar-refractivity contribution in [3.8, 4) is 0 Å². The molecule has 2 heteroatoms. The van der Waals surface area contributed by atoms with E-state index in [1.165, 1.54) is 18.4 Å². The molecule has 0 fully saturated rings. The fraction of sp³-hybridized carbons (Fsp3) is 0.846. The van der Waals surface area contributed by atoms with Crippen LogP contribution in [-0.2, 0) is 0 Å². The third kappa shape index (κ3) is 2.97. The maximum absolute atomic E-state index is 10.0. The van der Waals surface area contributed by atoms with Crippen molar-refractivity contribution in [2.24, 2.45) is 17.1 Å². The van der Waals surface area contributed by atoms with Crippen LogP contribution in [0.3, 0.4) is 0 Å². The summed E-state index contributed by atoms with van der Waals surface area (Å²) in [5.74, 6) is 1.12. The molecule has 0 aliphatic heterocycles. The van der Waals surface area contributed by atoms with Crippen LogP contribution in [0.4, 0.5) is 0 Å². The molecule has 1 rings (SSSR count). The van der Waals surface area contributed by atoms with Gasteiger partial charge in [-0.2, -0.15) is 0 Å². The van der Waals surface area contributed by atoms with Crippen molar-refractivity contribution in [3.63, 3.8) is 0 Å². The van der Waals surface area contributed by atoms with Gasteiger partial charge < -0.3 is 10.8 Å². The van der Waals surface area contributed by atoms with E-state index < -0.39 is 0 Å². The lowest BCUT2D eigenvalue weighted by Crippen LogP contribution is -2.34. The molecule has 0 aromatic heterocycles. The molecule has 1 aliphatic carbocycles. The van der Waals surface area contributed by atoms with Crippen molar-refractivity contribution < 1.29 is 5.11 Å². The van der Waals surface area contributed by atoms with E-state index >= 15 is 0 Å². The average Bonchev–Trinajstić information content (AvgIpc) is 2.09. The van der Waals surface area contributed by atoms with Crippen LogP contribution in [0.2, 0.25) is 0 Å². The Morgan fingerprint density at radius 2 is 2.00 bits per heavy atom.